The van der Waals surface area contributed by atoms with Crippen LogP contribution in [0.4, 0.5) is 0 Å². The average molecular weight is 567 g/mol. The average Bonchev–Trinajstić information content (AvgIpc) is 3.64. The lowest BCUT2D eigenvalue weighted by molar-refractivity contribution is -0.129. The van der Waals surface area contributed by atoms with E-state index in [1.165, 1.54) is 27.6 Å². The summed E-state index contributed by atoms with van der Waals surface area (Å²) in [6.45, 7) is 0.213. The number of thiophene rings is 2. The van der Waals surface area contributed by atoms with Crippen molar-refractivity contribution < 1.29 is 23.2 Å². The summed E-state index contributed by atoms with van der Waals surface area (Å²) >= 11 is 2.72. The van der Waals surface area contributed by atoms with Crippen LogP contribution in [0, 0.1) is 0 Å². The van der Waals surface area contributed by atoms with Crippen LogP contribution in [-0.2, 0) is 19.4 Å². The fraction of sp³-hybridized carbons (Fsp3) is 0.214. The molecule has 1 saturated heterocycles. The van der Waals surface area contributed by atoms with Crippen LogP contribution in [0.1, 0.15) is 28.1 Å². The van der Waals surface area contributed by atoms with Gasteiger partial charge < -0.3 is 4.90 Å². The number of nitrogens with zero attached hydrogens (tertiary/aromatic N) is 1. The summed E-state index contributed by atoms with van der Waals surface area (Å²) in [4.78, 5) is 28.3. The number of benzene rings is 2. The number of carbonyl (C=O) groups excluding carboxylic acids is 2. The maximum absolute atomic E-state index is 13.8. The first-order chi connectivity index (χ1) is 18.3. The molecular weight excluding hydrogens is 541 g/mol. The van der Waals surface area contributed by atoms with Crippen molar-refractivity contribution in [1.29, 1.82) is 0 Å². The Morgan fingerprint density at radius 3 is 2.32 bits per heavy atom. The Morgan fingerprint density at radius 2 is 1.63 bits per heavy atom. The van der Waals surface area contributed by atoms with E-state index < -0.39 is 26.9 Å². The van der Waals surface area contributed by atoms with E-state index in [2.05, 4.69) is 0 Å². The summed E-state index contributed by atoms with van der Waals surface area (Å²) in [6.07, 6.45) is -0.384. The van der Waals surface area contributed by atoms with Crippen LogP contribution in [0.3, 0.4) is 0 Å². The quantitative estimate of drug-likeness (QED) is 0.247. The molecule has 1 atom stereocenters. The highest BCUT2D eigenvalue weighted by atomic mass is 32.2. The second-order valence-corrected chi connectivity index (χ2v) is 13.5. The Balaban J connectivity index is 1.48. The summed E-state index contributed by atoms with van der Waals surface area (Å²) in [5.74, 6) is -1.29. The molecule has 2 aromatic heterocycles. The lowest BCUT2D eigenvalue weighted by Gasteiger charge is -2.30. The minimum Gasteiger partial charge on any atom is -0.338 e. The van der Waals surface area contributed by atoms with Crippen molar-refractivity contribution in [1.82, 2.24) is 10.4 Å². The van der Waals surface area contributed by atoms with Crippen molar-refractivity contribution in [2.45, 2.75) is 17.6 Å². The van der Waals surface area contributed by atoms with Crippen molar-refractivity contribution >= 4 is 44.3 Å². The Morgan fingerprint density at radius 1 is 0.921 bits per heavy atom. The Labute approximate surface area is 229 Å². The molecule has 0 radical (unpaired) electrons. The molecule has 1 unspecified atom stereocenters. The highest BCUT2D eigenvalue weighted by molar-refractivity contribution is 7.92. The molecule has 3 heterocycles. The summed E-state index contributed by atoms with van der Waals surface area (Å²) in [7, 11) is -3.88. The van der Waals surface area contributed by atoms with Gasteiger partial charge in [0.15, 0.2) is 9.84 Å². The van der Waals surface area contributed by atoms with Gasteiger partial charge >= 0.3 is 0 Å². The second-order valence-electron chi connectivity index (χ2n) is 9.19. The lowest BCUT2D eigenvalue weighted by atomic mass is 9.97. The lowest BCUT2D eigenvalue weighted by Crippen LogP contribution is -2.41. The molecule has 1 fully saturated rings. The summed E-state index contributed by atoms with van der Waals surface area (Å²) < 4.78 is 26.0. The SMILES string of the molecule is O=C(CC1(c2ccc(-c3ccc(-c4ccccc4)cc3)s2)CCN(C(=O)c2ccsc2)CCS1(=O)=O)NO. The van der Waals surface area contributed by atoms with Gasteiger partial charge in [-0.3, -0.25) is 14.8 Å². The van der Waals surface area contributed by atoms with Gasteiger partial charge in [0.2, 0.25) is 5.91 Å². The molecule has 1 aliphatic heterocycles. The molecule has 196 valence electrons. The fourth-order valence-corrected chi connectivity index (χ4v) is 9.07. The zero-order chi connectivity index (χ0) is 26.8. The molecule has 2 aromatic carbocycles. The van der Waals surface area contributed by atoms with Gasteiger partial charge in [0.1, 0.15) is 4.75 Å². The third-order valence-electron chi connectivity index (χ3n) is 6.97. The first-order valence-electron chi connectivity index (χ1n) is 12.1. The molecule has 0 bridgehead atoms. The van der Waals surface area contributed by atoms with Crippen LogP contribution in [0.5, 0.6) is 0 Å². The van der Waals surface area contributed by atoms with Crippen LogP contribution in [0.2, 0.25) is 0 Å². The maximum Gasteiger partial charge on any atom is 0.254 e. The number of carbonyl (C=O) groups is 2. The third-order valence-corrected chi connectivity index (χ3v) is 11.6. The maximum atomic E-state index is 13.8. The Hall–Kier alpha value is -3.31. The van der Waals surface area contributed by atoms with Crippen LogP contribution in [0.15, 0.2) is 83.6 Å². The molecule has 5 rings (SSSR count). The van der Waals surface area contributed by atoms with Gasteiger partial charge in [0.05, 0.1) is 17.7 Å². The smallest absolute Gasteiger partial charge is 0.254 e. The monoisotopic (exact) mass is 566 g/mol. The standard InChI is InChI=1S/C28H26N2O5S3/c31-26(29-33)18-28(13-14-30(15-17-38(28,34)35)27(32)23-12-16-36-19-23)25-11-10-24(37-25)22-8-6-21(7-9-22)20-4-2-1-3-5-20/h1-12,16,19,33H,13-15,17-18H2,(H,29,31). The van der Waals surface area contributed by atoms with E-state index in [0.717, 1.165) is 21.6 Å². The molecule has 2 amide bonds. The number of hydrogen-bond donors (Lipinski definition) is 2. The second kappa shape index (κ2) is 10.8. The van der Waals surface area contributed by atoms with Gasteiger partial charge in [-0.2, -0.15) is 11.3 Å². The van der Waals surface area contributed by atoms with Crippen LogP contribution in [-0.4, -0.2) is 49.2 Å². The van der Waals surface area contributed by atoms with Gasteiger partial charge in [0.25, 0.3) is 5.91 Å². The first-order valence-corrected chi connectivity index (χ1v) is 15.5. The molecular formula is C28H26N2O5S3. The summed E-state index contributed by atoms with van der Waals surface area (Å²) in [5.41, 5.74) is 5.23. The molecule has 38 heavy (non-hydrogen) atoms. The van der Waals surface area contributed by atoms with Gasteiger partial charge in [-0.15, -0.1) is 11.3 Å². The number of rotatable bonds is 6. The van der Waals surface area contributed by atoms with E-state index in [-0.39, 0.29) is 31.2 Å². The van der Waals surface area contributed by atoms with Gasteiger partial charge in [0, 0.05) is 28.2 Å². The van der Waals surface area contributed by atoms with Crippen molar-refractivity contribution in [3.8, 4) is 21.6 Å². The molecule has 10 heteroatoms. The largest absolute Gasteiger partial charge is 0.338 e. The topological polar surface area (TPSA) is 104 Å². The summed E-state index contributed by atoms with van der Waals surface area (Å²) in [6, 6.07) is 23.4. The molecule has 4 aromatic rings. The molecule has 0 aliphatic carbocycles. The highest BCUT2D eigenvalue weighted by Crippen LogP contribution is 2.45. The van der Waals surface area contributed by atoms with E-state index in [0.29, 0.717) is 10.4 Å². The molecule has 7 nitrogen and oxygen atoms in total. The first kappa shape index (κ1) is 26.3. The molecule has 2 N–H and O–H groups in total. The van der Waals surface area contributed by atoms with Crippen LogP contribution >= 0.6 is 22.7 Å². The van der Waals surface area contributed by atoms with Crippen molar-refractivity contribution in [3.63, 3.8) is 0 Å². The van der Waals surface area contributed by atoms with Crippen LogP contribution < -0.4 is 5.48 Å². The number of hydroxylamine groups is 1. The number of hydrogen-bond acceptors (Lipinski definition) is 7. The predicted molar refractivity (Wildman–Crippen MR) is 150 cm³/mol. The number of sulfone groups is 1. The van der Waals surface area contributed by atoms with Gasteiger partial charge in [-0.25, -0.2) is 13.9 Å². The zero-order valence-electron chi connectivity index (χ0n) is 20.4. The van der Waals surface area contributed by atoms with E-state index in [9.17, 15) is 23.2 Å². The van der Waals surface area contributed by atoms with Crippen molar-refractivity contribution in [2.24, 2.45) is 0 Å². The van der Waals surface area contributed by atoms with E-state index in [4.69, 9.17) is 0 Å². The molecule has 0 saturated carbocycles. The zero-order valence-corrected chi connectivity index (χ0v) is 22.8. The molecule has 0 spiro atoms. The van der Waals surface area contributed by atoms with E-state index >= 15 is 0 Å². The number of amides is 2. The van der Waals surface area contributed by atoms with Gasteiger partial charge in [-0.1, -0.05) is 54.6 Å². The summed E-state index contributed by atoms with van der Waals surface area (Å²) in [5, 5.41) is 12.8. The normalized spacial score (nSPS) is 19.0. The van der Waals surface area contributed by atoms with Gasteiger partial charge in [-0.05, 0) is 46.7 Å². The minimum atomic E-state index is -3.88. The Bertz CT molecular complexity index is 1530. The fourth-order valence-electron chi connectivity index (χ4n) is 4.84. The van der Waals surface area contributed by atoms with E-state index in [1.54, 1.807) is 28.4 Å². The molecule has 1 aliphatic rings. The van der Waals surface area contributed by atoms with E-state index in [1.807, 2.05) is 60.7 Å². The Kier molecular flexibility index (Phi) is 7.49. The number of nitrogens with one attached hydrogen (secondary N) is 1. The third kappa shape index (κ3) is 5.04. The van der Waals surface area contributed by atoms with Crippen molar-refractivity contribution in [3.05, 3.63) is 94.0 Å². The highest BCUT2D eigenvalue weighted by Gasteiger charge is 2.50. The minimum absolute atomic E-state index is 0.0404. The van der Waals surface area contributed by atoms with Crippen LogP contribution in [0.25, 0.3) is 21.6 Å². The van der Waals surface area contributed by atoms with Crippen molar-refractivity contribution in [2.75, 3.05) is 18.8 Å². The predicted octanol–water partition coefficient (Wildman–Crippen LogP) is 5.20.